The van der Waals surface area contributed by atoms with E-state index in [2.05, 4.69) is 33.0 Å². The minimum absolute atomic E-state index is 0.0617. The van der Waals surface area contributed by atoms with Crippen molar-refractivity contribution >= 4 is 29.3 Å². The van der Waals surface area contributed by atoms with Crippen molar-refractivity contribution < 1.29 is 9.59 Å². The molecule has 0 bridgehead atoms. The average molecular weight is 467 g/mol. The number of nitrogens with one attached hydrogen (secondary N) is 1. The van der Waals surface area contributed by atoms with Crippen molar-refractivity contribution in [3.05, 3.63) is 101 Å². The number of benzene rings is 3. The Hall–Kier alpha value is -3.66. The quantitative estimate of drug-likeness (QED) is 0.376. The van der Waals surface area contributed by atoms with E-state index in [4.69, 9.17) is 0 Å². The molecule has 1 aliphatic heterocycles. The highest BCUT2D eigenvalue weighted by molar-refractivity contribution is 6.19. The van der Waals surface area contributed by atoms with Gasteiger partial charge in [-0.2, -0.15) is 0 Å². The van der Waals surface area contributed by atoms with E-state index < -0.39 is 5.54 Å². The maximum absolute atomic E-state index is 13.9. The first-order chi connectivity index (χ1) is 16.7. The van der Waals surface area contributed by atoms with Crippen molar-refractivity contribution in [2.75, 3.05) is 10.2 Å². The highest BCUT2D eigenvalue weighted by Gasteiger charge is 2.58. The molecule has 0 spiro atoms. The number of β-lactam (4-membered cyclic amide) rings is 1. The van der Waals surface area contributed by atoms with E-state index in [1.165, 1.54) is 11.1 Å². The molecule has 35 heavy (non-hydrogen) atoms. The molecule has 4 heteroatoms. The topological polar surface area (TPSA) is 49.4 Å². The standard InChI is InChI=1S/C31H34N2O2/c1-21(2)25-11-15-27(16-12-25)32-30(35)31(23(5)19-24-9-7-6-8-10-24)20-29(34)33(31)28-17-13-26(14-18-28)22(3)4/h6-19,21-22H,20H2,1-5H3,(H,32,35). The van der Waals surface area contributed by atoms with Gasteiger partial charge in [0.05, 0.1) is 6.42 Å². The molecular formula is C31H34N2O2. The third kappa shape index (κ3) is 4.79. The van der Waals surface area contributed by atoms with Crippen LogP contribution in [0.1, 0.15) is 69.6 Å². The van der Waals surface area contributed by atoms with Crippen LogP contribution >= 0.6 is 0 Å². The molecule has 4 nitrogen and oxygen atoms in total. The largest absolute Gasteiger partial charge is 0.324 e. The summed E-state index contributed by atoms with van der Waals surface area (Å²) in [5.74, 6) is 0.536. The number of amides is 2. The lowest BCUT2D eigenvalue weighted by Crippen LogP contribution is -2.70. The van der Waals surface area contributed by atoms with Gasteiger partial charge in [-0.05, 0) is 65.3 Å². The predicted molar refractivity (Wildman–Crippen MR) is 145 cm³/mol. The lowest BCUT2D eigenvalue weighted by atomic mass is 9.75. The van der Waals surface area contributed by atoms with Crippen LogP contribution in [-0.4, -0.2) is 17.4 Å². The highest BCUT2D eigenvalue weighted by Crippen LogP contribution is 2.44. The third-order valence-corrected chi connectivity index (χ3v) is 6.90. The van der Waals surface area contributed by atoms with Crippen LogP contribution in [-0.2, 0) is 9.59 Å². The fourth-order valence-corrected chi connectivity index (χ4v) is 4.65. The van der Waals surface area contributed by atoms with Gasteiger partial charge in [0.1, 0.15) is 0 Å². The molecule has 1 unspecified atom stereocenters. The van der Waals surface area contributed by atoms with Gasteiger partial charge in [-0.1, -0.05) is 88.4 Å². The second-order valence-corrected chi connectivity index (χ2v) is 9.98. The van der Waals surface area contributed by atoms with Crippen molar-refractivity contribution in [1.29, 1.82) is 0 Å². The summed E-state index contributed by atoms with van der Waals surface area (Å²) in [5.41, 5.74) is 4.59. The first-order valence-corrected chi connectivity index (χ1v) is 12.3. The molecule has 1 saturated heterocycles. The lowest BCUT2D eigenvalue weighted by Gasteiger charge is -2.51. The molecule has 4 rings (SSSR count). The summed E-state index contributed by atoms with van der Waals surface area (Å²) >= 11 is 0. The third-order valence-electron chi connectivity index (χ3n) is 6.90. The van der Waals surface area contributed by atoms with E-state index in [-0.39, 0.29) is 18.2 Å². The molecule has 1 N–H and O–H groups in total. The summed E-state index contributed by atoms with van der Waals surface area (Å²) in [6, 6.07) is 25.8. The Labute approximate surface area is 208 Å². The summed E-state index contributed by atoms with van der Waals surface area (Å²) in [6.07, 6.45) is 2.13. The van der Waals surface area contributed by atoms with E-state index in [1.807, 2.05) is 91.9 Å². The monoisotopic (exact) mass is 466 g/mol. The summed E-state index contributed by atoms with van der Waals surface area (Å²) in [4.78, 5) is 28.6. The highest BCUT2D eigenvalue weighted by atomic mass is 16.2. The van der Waals surface area contributed by atoms with Crippen LogP contribution < -0.4 is 10.2 Å². The fraction of sp³-hybridized carbons (Fsp3) is 0.290. The van der Waals surface area contributed by atoms with Crippen LogP contribution in [0, 0.1) is 0 Å². The van der Waals surface area contributed by atoms with Gasteiger partial charge in [0.2, 0.25) is 5.91 Å². The van der Waals surface area contributed by atoms with Crippen molar-refractivity contribution in [3.63, 3.8) is 0 Å². The van der Waals surface area contributed by atoms with Gasteiger partial charge in [0.15, 0.2) is 5.54 Å². The van der Waals surface area contributed by atoms with Crippen LogP contribution in [0.4, 0.5) is 11.4 Å². The van der Waals surface area contributed by atoms with E-state index in [0.29, 0.717) is 11.8 Å². The van der Waals surface area contributed by atoms with Gasteiger partial charge in [0, 0.05) is 11.4 Å². The van der Waals surface area contributed by atoms with Gasteiger partial charge >= 0.3 is 0 Å². The Balaban J connectivity index is 1.74. The van der Waals surface area contributed by atoms with Gasteiger partial charge < -0.3 is 5.32 Å². The molecule has 2 amide bonds. The molecule has 3 aromatic carbocycles. The fourth-order valence-electron chi connectivity index (χ4n) is 4.65. The van der Waals surface area contributed by atoms with Crippen molar-refractivity contribution in [2.24, 2.45) is 0 Å². The van der Waals surface area contributed by atoms with Crippen LogP contribution in [0.2, 0.25) is 0 Å². The van der Waals surface area contributed by atoms with E-state index in [1.54, 1.807) is 4.90 Å². The Morgan fingerprint density at radius 1 is 0.857 bits per heavy atom. The molecule has 0 radical (unpaired) electrons. The molecule has 1 aliphatic rings. The maximum Gasteiger partial charge on any atom is 0.255 e. The number of hydrogen-bond acceptors (Lipinski definition) is 2. The first kappa shape index (κ1) is 24.5. The zero-order valence-electron chi connectivity index (χ0n) is 21.2. The Kier molecular flexibility index (Phi) is 6.93. The van der Waals surface area contributed by atoms with Gasteiger partial charge in [0.25, 0.3) is 5.91 Å². The molecule has 0 aromatic heterocycles. The first-order valence-electron chi connectivity index (χ1n) is 12.3. The second-order valence-electron chi connectivity index (χ2n) is 9.98. The van der Waals surface area contributed by atoms with Crippen molar-refractivity contribution in [3.8, 4) is 0 Å². The summed E-state index contributed by atoms with van der Waals surface area (Å²) < 4.78 is 0. The van der Waals surface area contributed by atoms with Crippen LogP contribution in [0.5, 0.6) is 0 Å². The van der Waals surface area contributed by atoms with Crippen LogP contribution in [0.3, 0.4) is 0 Å². The zero-order chi connectivity index (χ0) is 25.2. The Morgan fingerprint density at radius 3 is 1.91 bits per heavy atom. The Bertz CT molecular complexity index is 1230. The molecule has 180 valence electrons. The molecule has 1 atom stereocenters. The summed E-state index contributed by atoms with van der Waals surface area (Å²) in [6.45, 7) is 10.5. The molecule has 0 aliphatic carbocycles. The Morgan fingerprint density at radius 2 is 1.40 bits per heavy atom. The smallest absolute Gasteiger partial charge is 0.255 e. The number of hydrogen-bond donors (Lipinski definition) is 1. The van der Waals surface area contributed by atoms with Gasteiger partial charge in [-0.3, -0.25) is 14.5 Å². The van der Waals surface area contributed by atoms with E-state index in [9.17, 15) is 9.59 Å². The molecule has 0 saturated carbocycles. The van der Waals surface area contributed by atoms with E-state index >= 15 is 0 Å². The van der Waals surface area contributed by atoms with Crippen molar-refractivity contribution in [1.82, 2.24) is 0 Å². The number of anilines is 2. The summed E-state index contributed by atoms with van der Waals surface area (Å²) in [7, 11) is 0. The number of carbonyl (C=O) groups is 2. The lowest BCUT2D eigenvalue weighted by molar-refractivity contribution is -0.135. The predicted octanol–water partition coefficient (Wildman–Crippen LogP) is 7.15. The number of carbonyl (C=O) groups excluding carboxylic acids is 2. The normalized spacial score (nSPS) is 18.1. The van der Waals surface area contributed by atoms with Crippen LogP contribution in [0.15, 0.2) is 84.4 Å². The summed E-state index contributed by atoms with van der Waals surface area (Å²) in [5, 5.41) is 3.09. The zero-order valence-corrected chi connectivity index (χ0v) is 21.2. The SMILES string of the molecule is CC(=Cc1ccccc1)C1(C(=O)Nc2ccc(C(C)C)cc2)CC(=O)N1c1ccc(C(C)C)cc1. The van der Waals surface area contributed by atoms with Crippen molar-refractivity contribution in [2.45, 2.75) is 58.4 Å². The van der Waals surface area contributed by atoms with E-state index in [0.717, 1.165) is 22.5 Å². The number of nitrogens with zero attached hydrogens (tertiary/aromatic N) is 1. The van der Waals surface area contributed by atoms with Gasteiger partial charge in [-0.25, -0.2) is 0 Å². The minimum atomic E-state index is -1.09. The second kappa shape index (κ2) is 9.91. The molecule has 1 fully saturated rings. The van der Waals surface area contributed by atoms with Gasteiger partial charge in [-0.15, -0.1) is 0 Å². The average Bonchev–Trinajstić information content (AvgIpc) is 2.83. The number of rotatable bonds is 7. The molecular weight excluding hydrogens is 432 g/mol. The van der Waals surface area contributed by atoms with Crippen LogP contribution in [0.25, 0.3) is 6.08 Å². The molecule has 1 heterocycles. The maximum atomic E-state index is 13.9. The minimum Gasteiger partial charge on any atom is -0.324 e. The molecule has 3 aromatic rings.